The molecule has 0 saturated carbocycles. The first kappa shape index (κ1) is 20.6. The molecule has 130 valence electrons. The Morgan fingerprint density at radius 3 is 2.13 bits per heavy atom. The minimum atomic E-state index is -0.157. The quantitative estimate of drug-likeness (QED) is 0.360. The number of hydrogen-bond donors (Lipinski definition) is 0. The van der Waals surface area contributed by atoms with Crippen molar-refractivity contribution < 1.29 is 20.4 Å². The van der Waals surface area contributed by atoms with Gasteiger partial charge in [0.05, 0.1) is 0 Å². The number of aromatic nitrogens is 2. The molecule has 0 amide bonds. The Hall–Kier alpha value is -0.478. The summed E-state index contributed by atoms with van der Waals surface area (Å²) in [6.07, 6.45) is 2.95. The largest absolute Gasteiger partial charge is 0.263 e. The van der Waals surface area contributed by atoms with Crippen molar-refractivity contribution in [3.8, 4) is 5.69 Å². The Kier molecular flexibility index (Phi) is 6.80. The van der Waals surface area contributed by atoms with Gasteiger partial charge in [0.25, 0.3) is 0 Å². The zero-order valence-electron chi connectivity index (χ0n) is 15.3. The smallest absolute Gasteiger partial charge is 0.0496 e. The number of nitrogens with zero attached hydrogens (tertiary/aromatic N) is 2. The van der Waals surface area contributed by atoms with Crippen LogP contribution in [0.3, 0.4) is 0 Å². The van der Waals surface area contributed by atoms with Gasteiger partial charge in [-0.2, -0.15) is 28.9 Å². The standard InChI is InChI=1S/C19H28N2P.Pd/c1-15-11-12-20-21(15)17-10-8-9-16(13-17)14-22(18(2,3)4)19(5,6)7;/h8-12H,14H2,1-7H3;/q-1;. The first-order chi connectivity index (χ1) is 10.1. The van der Waals surface area contributed by atoms with Gasteiger partial charge in [0.15, 0.2) is 0 Å². The predicted molar refractivity (Wildman–Crippen MR) is 97.3 cm³/mol. The summed E-state index contributed by atoms with van der Waals surface area (Å²) in [5.74, 6) is 0. The van der Waals surface area contributed by atoms with E-state index in [1.165, 1.54) is 5.56 Å². The Labute approximate surface area is 156 Å². The first-order valence-electron chi connectivity index (χ1n) is 7.89. The fourth-order valence-corrected chi connectivity index (χ4v) is 6.48. The third-order valence-corrected chi connectivity index (χ3v) is 7.74. The molecule has 2 aromatic rings. The molecule has 0 spiro atoms. The third-order valence-electron chi connectivity index (χ3n) is 3.85. The van der Waals surface area contributed by atoms with Gasteiger partial charge in [-0.25, -0.2) is 0 Å². The molecule has 0 aliphatic heterocycles. The third kappa shape index (κ3) is 5.25. The molecule has 23 heavy (non-hydrogen) atoms. The Morgan fingerprint density at radius 2 is 1.65 bits per heavy atom. The van der Waals surface area contributed by atoms with E-state index in [2.05, 4.69) is 77.8 Å². The normalized spacial score (nSPS) is 12.3. The van der Waals surface area contributed by atoms with Gasteiger partial charge in [0.2, 0.25) is 0 Å². The van der Waals surface area contributed by atoms with Crippen molar-refractivity contribution in [2.24, 2.45) is 0 Å². The van der Waals surface area contributed by atoms with Gasteiger partial charge in [-0.05, 0) is 35.2 Å². The van der Waals surface area contributed by atoms with E-state index in [9.17, 15) is 0 Å². The molecule has 2 rings (SSSR count). The van der Waals surface area contributed by atoms with Crippen molar-refractivity contribution in [2.75, 3.05) is 0 Å². The topological polar surface area (TPSA) is 17.8 Å². The van der Waals surface area contributed by atoms with E-state index >= 15 is 0 Å². The molecular formula is C19H28N2PPd-. The SMILES string of the molecule is Cc1ccnn1-c1[c-]c(CP(C(C)(C)C)C(C)(C)C)ccc1.[Pd]. The average molecular weight is 422 g/mol. The van der Waals surface area contributed by atoms with E-state index in [1.807, 2.05) is 16.9 Å². The summed E-state index contributed by atoms with van der Waals surface area (Å²) < 4.78 is 1.96. The maximum absolute atomic E-state index is 4.39. The van der Waals surface area contributed by atoms with Crippen molar-refractivity contribution in [1.29, 1.82) is 0 Å². The molecule has 0 saturated heterocycles. The van der Waals surface area contributed by atoms with E-state index in [4.69, 9.17) is 0 Å². The van der Waals surface area contributed by atoms with Crippen LogP contribution in [0, 0.1) is 13.0 Å². The molecule has 1 aromatic heterocycles. The maximum Gasteiger partial charge on any atom is 0.0496 e. The summed E-state index contributed by atoms with van der Waals surface area (Å²) in [6, 6.07) is 12.0. The van der Waals surface area contributed by atoms with Crippen molar-refractivity contribution in [1.82, 2.24) is 9.78 Å². The van der Waals surface area contributed by atoms with Gasteiger partial charge >= 0.3 is 0 Å². The van der Waals surface area contributed by atoms with Crippen molar-refractivity contribution in [3.63, 3.8) is 0 Å². The number of rotatable bonds is 3. The Morgan fingerprint density at radius 1 is 1.04 bits per heavy atom. The number of hydrogen-bond acceptors (Lipinski definition) is 1. The molecule has 0 atom stereocenters. The van der Waals surface area contributed by atoms with Crippen LogP contribution in [0.15, 0.2) is 30.5 Å². The van der Waals surface area contributed by atoms with Crippen molar-refractivity contribution >= 4 is 7.92 Å². The van der Waals surface area contributed by atoms with Crippen LogP contribution in [0.1, 0.15) is 52.8 Å². The van der Waals surface area contributed by atoms with E-state index in [0.717, 1.165) is 17.5 Å². The van der Waals surface area contributed by atoms with Gasteiger partial charge < -0.3 is 0 Å². The zero-order chi connectivity index (χ0) is 16.5. The van der Waals surface area contributed by atoms with Crippen LogP contribution in [0.2, 0.25) is 0 Å². The summed E-state index contributed by atoms with van der Waals surface area (Å²) in [5, 5.41) is 5.06. The second kappa shape index (κ2) is 7.61. The summed E-state index contributed by atoms with van der Waals surface area (Å²) >= 11 is 0. The Balaban J connectivity index is 0.00000264. The summed E-state index contributed by atoms with van der Waals surface area (Å²) in [6.45, 7) is 16.3. The second-order valence-electron chi connectivity index (χ2n) is 7.87. The fourth-order valence-electron chi connectivity index (χ4n) is 2.99. The van der Waals surface area contributed by atoms with Crippen LogP contribution < -0.4 is 0 Å². The molecule has 2 nitrogen and oxygen atoms in total. The van der Waals surface area contributed by atoms with Crippen LogP contribution in [0.5, 0.6) is 0 Å². The van der Waals surface area contributed by atoms with Crippen LogP contribution in [-0.2, 0) is 26.6 Å². The maximum atomic E-state index is 4.39. The minimum Gasteiger partial charge on any atom is -0.263 e. The van der Waals surface area contributed by atoms with E-state index in [1.54, 1.807) is 0 Å². The van der Waals surface area contributed by atoms with Crippen LogP contribution >= 0.6 is 7.92 Å². The molecule has 0 aliphatic rings. The molecule has 1 heterocycles. The van der Waals surface area contributed by atoms with Gasteiger partial charge in [0, 0.05) is 32.3 Å². The van der Waals surface area contributed by atoms with Gasteiger partial charge in [-0.3, -0.25) is 4.68 Å². The fraction of sp³-hybridized carbons (Fsp3) is 0.526. The molecule has 0 fully saturated rings. The molecule has 0 N–H and O–H groups in total. The average Bonchev–Trinajstić information content (AvgIpc) is 2.80. The summed E-state index contributed by atoms with van der Waals surface area (Å²) in [4.78, 5) is 0. The summed E-state index contributed by atoms with van der Waals surface area (Å²) in [5.41, 5.74) is 3.48. The zero-order valence-corrected chi connectivity index (χ0v) is 17.7. The van der Waals surface area contributed by atoms with Crippen molar-refractivity contribution in [3.05, 3.63) is 47.8 Å². The van der Waals surface area contributed by atoms with Crippen LogP contribution in [0.25, 0.3) is 5.69 Å². The first-order valence-corrected chi connectivity index (χ1v) is 9.42. The predicted octanol–water partition coefficient (Wildman–Crippen LogP) is 5.56. The molecule has 0 radical (unpaired) electrons. The van der Waals surface area contributed by atoms with Crippen molar-refractivity contribution in [2.45, 2.75) is 64.9 Å². The second-order valence-corrected chi connectivity index (χ2v) is 11.7. The van der Waals surface area contributed by atoms with Gasteiger partial charge in [-0.15, -0.1) is 6.07 Å². The van der Waals surface area contributed by atoms with E-state index in [0.29, 0.717) is 10.3 Å². The van der Waals surface area contributed by atoms with E-state index in [-0.39, 0.29) is 28.3 Å². The molecule has 0 unspecified atom stereocenters. The van der Waals surface area contributed by atoms with E-state index < -0.39 is 0 Å². The molecule has 0 bridgehead atoms. The molecule has 0 aliphatic carbocycles. The van der Waals surface area contributed by atoms with Gasteiger partial charge in [-0.1, -0.05) is 49.5 Å². The van der Waals surface area contributed by atoms with Crippen LogP contribution in [0.4, 0.5) is 0 Å². The number of benzene rings is 1. The summed E-state index contributed by atoms with van der Waals surface area (Å²) in [7, 11) is -0.157. The minimum absolute atomic E-state index is 0. The monoisotopic (exact) mass is 421 g/mol. The molecule has 1 aromatic carbocycles. The molecular weight excluding hydrogens is 394 g/mol. The van der Waals surface area contributed by atoms with Gasteiger partial charge in [0.1, 0.15) is 0 Å². The Bertz CT molecular complexity index is 621. The van der Waals surface area contributed by atoms with Crippen LogP contribution in [-0.4, -0.2) is 20.1 Å². The molecule has 4 heteroatoms. The number of aryl methyl sites for hydroxylation is 1.